The van der Waals surface area contributed by atoms with E-state index in [-0.39, 0.29) is 17.7 Å². The Kier molecular flexibility index (Phi) is 11.7. The van der Waals surface area contributed by atoms with Gasteiger partial charge in [-0.2, -0.15) is 11.8 Å². The SMILES string of the molecule is CSCC(C)CC(=O)N1CCN(C(=O)CC(C)C)CCN(C(=O)CC(C)C)CC1. The molecule has 0 N–H and O–H groups in total. The van der Waals surface area contributed by atoms with E-state index in [1.165, 1.54) is 0 Å². The van der Waals surface area contributed by atoms with E-state index in [2.05, 4.69) is 13.2 Å². The summed E-state index contributed by atoms with van der Waals surface area (Å²) >= 11 is 1.75. The molecule has 0 aromatic carbocycles. The zero-order valence-electron chi connectivity index (χ0n) is 19.3. The molecule has 0 aromatic rings. The molecule has 7 heteroatoms. The quantitative estimate of drug-likeness (QED) is 0.597. The van der Waals surface area contributed by atoms with Crippen LogP contribution in [-0.2, 0) is 14.4 Å². The number of thioether (sulfide) groups is 1. The second-order valence-corrected chi connectivity index (χ2v) is 10.0. The number of nitrogens with zero attached hydrogens (tertiary/aromatic N) is 3. The molecule has 1 aliphatic rings. The third-order valence-electron chi connectivity index (χ3n) is 5.12. The van der Waals surface area contributed by atoms with Crippen molar-refractivity contribution in [3.8, 4) is 0 Å². The highest BCUT2D eigenvalue weighted by molar-refractivity contribution is 7.98. The van der Waals surface area contributed by atoms with Gasteiger partial charge in [0.25, 0.3) is 0 Å². The molecule has 0 aromatic heterocycles. The average Bonchev–Trinajstić information content (AvgIpc) is 2.71. The molecular formula is C22H41N3O3S. The van der Waals surface area contributed by atoms with Crippen LogP contribution in [0.5, 0.6) is 0 Å². The van der Waals surface area contributed by atoms with Crippen molar-refractivity contribution >= 4 is 29.5 Å². The summed E-state index contributed by atoms with van der Waals surface area (Å²) < 4.78 is 0. The molecule has 0 saturated carbocycles. The molecule has 1 aliphatic heterocycles. The standard InChI is InChI=1S/C22H41N3O3S/c1-17(2)13-20(26)23-7-8-24(21(27)14-18(3)4)10-12-25(11-9-23)22(28)15-19(5)16-29-6/h17-19H,7-16H2,1-6H3. The molecule has 1 atom stereocenters. The third-order valence-corrected chi connectivity index (χ3v) is 6.02. The minimum atomic E-state index is 0.112. The predicted octanol–water partition coefficient (Wildman–Crippen LogP) is 2.97. The summed E-state index contributed by atoms with van der Waals surface area (Å²) in [6, 6.07) is 0. The van der Waals surface area contributed by atoms with Crippen LogP contribution in [0.1, 0.15) is 53.9 Å². The number of amides is 3. The van der Waals surface area contributed by atoms with Crippen molar-refractivity contribution in [1.82, 2.24) is 14.7 Å². The maximum Gasteiger partial charge on any atom is 0.222 e. The Hall–Kier alpha value is -1.24. The second-order valence-electron chi connectivity index (χ2n) is 9.10. The highest BCUT2D eigenvalue weighted by Crippen LogP contribution is 2.13. The van der Waals surface area contributed by atoms with Crippen LogP contribution in [0, 0.1) is 17.8 Å². The molecule has 1 fully saturated rings. The van der Waals surface area contributed by atoms with Crippen LogP contribution in [0.3, 0.4) is 0 Å². The Morgan fingerprint density at radius 2 is 0.966 bits per heavy atom. The first kappa shape index (κ1) is 25.8. The molecule has 1 rings (SSSR count). The lowest BCUT2D eigenvalue weighted by molar-refractivity contribution is -0.135. The smallest absolute Gasteiger partial charge is 0.222 e. The summed E-state index contributed by atoms with van der Waals surface area (Å²) in [7, 11) is 0. The lowest BCUT2D eigenvalue weighted by Gasteiger charge is -2.27. The van der Waals surface area contributed by atoms with Crippen molar-refractivity contribution in [2.24, 2.45) is 17.8 Å². The summed E-state index contributed by atoms with van der Waals surface area (Å²) in [6.07, 6.45) is 3.57. The summed E-state index contributed by atoms with van der Waals surface area (Å²) in [4.78, 5) is 43.8. The molecule has 0 aliphatic carbocycles. The fourth-order valence-corrected chi connectivity index (χ4v) is 4.22. The van der Waals surface area contributed by atoms with Crippen LogP contribution in [0.25, 0.3) is 0 Å². The minimum Gasteiger partial charge on any atom is -0.339 e. The summed E-state index contributed by atoms with van der Waals surface area (Å²) in [5.41, 5.74) is 0. The van der Waals surface area contributed by atoms with Crippen LogP contribution < -0.4 is 0 Å². The first-order valence-corrected chi connectivity index (χ1v) is 12.4. The summed E-state index contributed by atoms with van der Waals surface area (Å²) in [5, 5.41) is 0. The Balaban J connectivity index is 2.91. The van der Waals surface area contributed by atoms with Gasteiger partial charge in [0.1, 0.15) is 0 Å². The van der Waals surface area contributed by atoms with Gasteiger partial charge in [-0.15, -0.1) is 0 Å². The van der Waals surface area contributed by atoms with Gasteiger partial charge < -0.3 is 14.7 Å². The topological polar surface area (TPSA) is 60.9 Å². The van der Waals surface area contributed by atoms with E-state index < -0.39 is 0 Å². The lowest BCUT2D eigenvalue weighted by Crippen LogP contribution is -2.42. The van der Waals surface area contributed by atoms with Crippen molar-refractivity contribution < 1.29 is 14.4 Å². The first-order valence-electron chi connectivity index (χ1n) is 11.0. The van der Waals surface area contributed by atoms with Crippen molar-refractivity contribution in [2.75, 3.05) is 51.3 Å². The van der Waals surface area contributed by atoms with Gasteiger partial charge in [0, 0.05) is 58.5 Å². The zero-order chi connectivity index (χ0) is 22.0. The first-order chi connectivity index (χ1) is 13.6. The van der Waals surface area contributed by atoms with Crippen molar-refractivity contribution in [1.29, 1.82) is 0 Å². The third kappa shape index (κ3) is 9.87. The van der Waals surface area contributed by atoms with Gasteiger partial charge in [0.2, 0.25) is 17.7 Å². The van der Waals surface area contributed by atoms with Crippen LogP contribution in [-0.4, -0.2) is 83.7 Å². The molecule has 0 radical (unpaired) electrons. The largest absolute Gasteiger partial charge is 0.339 e. The summed E-state index contributed by atoms with van der Waals surface area (Å²) in [6.45, 7) is 13.5. The molecule has 29 heavy (non-hydrogen) atoms. The lowest BCUT2D eigenvalue weighted by atomic mass is 10.1. The van der Waals surface area contributed by atoms with E-state index in [0.717, 1.165) is 5.75 Å². The van der Waals surface area contributed by atoms with Gasteiger partial charge in [-0.3, -0.25) is 14.4 Å². The van der Waals surface area contributed by atoms with Gasteiger partial charge in [-0.1, -0.05) is 34.6 Å². The molecule has 1 saturated heterocycles. The molecule has 1 heterocycles. The molecule has 6 nitrogen and oxygen atoms in total. The molecule has 1 unspecified atom stereocenters. The van der Waals surface area contributed by atoms with Crippen molar-refractivity contribution in [3.63, 3.8) is 0 Å². The van der Waals surface area contributed by atoms with E-state index in [1.54, 1.807) is 11.8 Å². The minimum absolute atomic E-state index is 0.112. The van der Waals surface area contributed by atoms with Crippen molar-refractivity contribution in [2.45, 2.75) is 53.9 Å². The number of rotatable bonds is 8. The van der Waals surface area contributed by atoms with Gasteiger partial charge in [-0.05, 0) is 29.8 Å². The number of carbonyl (C=O) groups excluding carboxylic acids is 3. The highest BCUT2D eigenvalue weighted by atomic mass is 32.2. The van der Waals surface area contributed by atoms with E-state index in [1.807, 2.05) is 42.4 Å². The maximum absolute atomic E-state index is 12.9. The molecular weight excluding hydrogens is 386 g/mol. The molecule has 3 amide bonds. The Morgan fingerprint density at radius 3 is 1.24 bits per heavy atom. The average molecular weight is 428 g/mol. The van der Waals surface area contributed by atoms with Crippen LogP contribution >= 0.6 is 11.8 Å². The van der Waals surface area contributed by atoms with Gasteiger partial charge >= 0.3 is 0 Å². The Morgan fingerprint density at radius 1 is 0.655 bits per heavy atom. The normalized spacial score (nSPS) is 17.2. The van der Waals surface area contributed by atoms with Gasteiger partial charge in [0.15, 0.2) is 0 Å². The fraction of sp³-hybridized carbons (Fsp3) is 0.864. The summed E-state index contributed by atoms with van der Waals surface area (Å²) in [5.74, 6) is 2.21. The number of carbonyl (C=O) groups is 3. The molecule has 0 spiro atoms. The van der Waals surface area contributed by atoms with Crippen LogP contribution in [0.4, 0.5) is 0 Å². The Bertz CT molecular complexity index is 505. The fourth-order valence-electron chi connectivity index (χ4n) is 3.54. The second kappa shape index (κ2) is 13.1. The van der Waals surface area contributed by atoms with E-state index in [4.69, 9.17) is 0 Å². The molecule has 0 bridgehead atoms. The van der Waals surface area contributed by atoms with E-state index >= 15 is 0 Å². The van der Waals surface area contributed by atoms with Crippen molar-refractivity contribution in [3.05, 3.63) is 0 Å². The number of hydrogen-bond donors (Lipinski definition) is 0. The maximum atomic E-state index is 12.9. The van der Waals surface area contributed by atoms with Gasteiger partial charge in [0.05, 0.1) is 0 Å². The van der Waals surface area contributed by atoms with E-state index in [9.17, 15) is 14.4 Å². The predicted molar refractivity (Wildman–Crippen MR) is 121 cm³/mol. The van der Waals surface area contributed by atoms with Gasteiger partial charge in [-0.25, -0.2) is 0 Å². The van der Waals surface area contributed by atoms with E-state index in [0.29, 0.717) is 76.3 Å². The zero-order valence-corrected chi connectivity index (χ0v) is 20.1. The van der Waals surface area contributed by atoms with Crippen LogP contribution in [0.15, 0.2) is 0 Å². The Labute approximate surface area is 181 Å². The molecule has 168 valence electrons. The number of hydrogen-bond acceptors (Lipinski definition) is 4. The highest BCUT2D eigenvalue weighted by Gasteiger charge is 2.25. The monoisotopic (exact) mass is 427 g/mol. The van der Waals surface area contributed by atoms with Crippen LogP contribution in [0.2, 0.25) is 0 Å².